The van der Waals surface area contributed by atoms with E-state index < -0.39 is 0 Å². The van der Waals surface area contributed by atoms with Crippen LogP contribution in [-0.4, -0.2) is 0 Å². The normalized spacial score (nSPS) is 42.2. The zero-order chi connectivity index (χ0) is 14.9. The molecule has 0 aromatic heterocycles. The topological polar surface area (TPSA) is 0 Å². The fourth-order valence-electron chi connectivity index (χ4n) is 4.60. The molecule has 0 aromatic rings. The van der Waals surface area contributed by atoms with E-state index in [0.717, 1.165) is 35.5 Å². The second-order valence-electron chi connectivity index (χ2n) is 7.77. The summed E-state index contributed by atoms with van der Waals surface area (Å²) in [6, 6.07) is 0. The molecule has 0 nitrogen and oxygen atoms in total. The Hall–Kier alpha value is -0.520. The summed E-state index contributed by atoms with van der Waals surface area (Å²) >= 11 is 0. The Labute approximate surface area is 126 Å². The first kappa shape index (κ1) is 15.9. The Morgan fingerprint density at radius 2 is 1.65 bits per heavy atom. The summed E-state index contributed by atoms with van der Waals surface area (Å²) in [5, 5.41) is 0. The maximum atomic E-state index is 4.29. The Bertz CT molecular complexity index is 364. The SMILES string of the molecule is C=C(C)C1CCC(C)C(C2[CH]C(C)CCC2C(=C)C)C1. The van der Waals surface area contributed by atoms with Gasteiger partial charge in [-0.25, -0.2) is 0 Å². The monoisotopic (exact) mass is 273 g/mol. The van der Waals surface area contributed by atoms with Crippen molar-refractivity contribution in [2.75, 3.05) is 0 Å². The van der Waals surface area contributed by atoms with Crippen LogP contribution >= 0.6 is 0 Å². The molecular weight excluding hydrogens is 240 g/mol. The van der Waals surface area contributed by atoms with Crippen molar-refractivity contribution >= 4 is 0 Å². The molecule has 0 spiro atoms. The van der Waals surface area contributed by atoms with Crippen LogP contribution in [0.15, 0.2) is 24.3 Å². The molecular formula is C20H33. The van der Waals surface area contributed by atoms with E-state index in [4.69, 9.17) is 0 Å². The van der Waals surface area contributed by atoms with E-state index in [9.17, 15) is 0 Å². The maximum Gasteiger partial charge on any atom is -0.0175 e. The highest BCUT2D eigenvalue weighted by molar-refractivity contribution is 5.10. The summed E-state index contributed by atoms with van der Waals surface area (Å²) in [7, 11) is 0. The Morgan fingerprint density at radius 3 is 2.25 bits per heavy atom. The van der Waals surface area contributed by atoms with E-state index in [1.807, 2.05) is 0 Å². The van der Waals surface area contributed by atoms with E-state index in [0.29, 0.717) is 0 Å². The van der Waals surface area contributed by atoms with E-state index in [1.165, 1.54) is 43.3 Å². The summed E-state index contributed by atoms with van der Waals surface area (Å²) in [6.07, 6.45) is 9.45. The van der Waals surface area contributed by atoms with Gasteiger partial charge >= 0.3 is 0 Å². The van der Waals surface area contributed by atoms with E-state index >= 15 is 0 Å². The molecule has 6 atom stereocenters. The van der Waals surface area contributed by atoms with Crippen molar-refractivity contribution in [2.45, 2.75) is 59.8 Å². The second-order valence-corrected chi connectivity index (χ2v) is 7.77. The Balaban J connectivity index is 2.16. The van der Waals surface area contributed by atoms with Crippen LogP contribution in [0.5, 0.6) is 0 Å². The van der Waals surface area contributed by atoms with Crippen LogP contribution in [0.25, 0.3) is 0 Å². The van der Waals surface area contributed by atoms with Gasteiger partial charge in [-0.05, 0) is 87.9 Å². The van der Waals surface area contributed by atoms with Gasteiger partial charge in [0.15, 0.2) is 0 Å². The van der Waals surface area contributed by atoms with Gasteiger partial charge in [0.1, 0.15) is 0 Å². The highest BCUT2D eigenvalue weighted by Gasteiger charge is 2.40. The smallest absolute Gasteiger partial charge is 0.0175 e. The fourth-order valence-corrected chi connectivity index (χ4v) is 4.60. The van der Waals surface area contributed by atoms with Crippen LogP contribution in [-0.2, 0) is 0 Å². The molecule has 0 bridgehead atoms. The first-order valence-electron chi connectivity index (χ1n) is 8.56. The zero-order valence-corrected chi connectivity index (χ0v) is 14.0. The quantitative estimate of drug-likeness (QED) is 0.548. The van der Waals surface area contributed by atoms with Crippen molar-refractivity contribution in [3.05, 3.63) is 30.7 Å². The Morgan fingerprint density at radius 1 is 0.950 bits per heavy atom. The lowest BCUT2D eigenvalue weighted by atomic mass is 9.59. The number of allylic oxidation sites excluding steroid dienone is 2. The third-order valence-corrected chi connectivity index (χ3v) is 6.03. The number of hydrogen-bond acceptors (Lipinski definition) is 0. The number of hydrogen-bond donors (Lipinski definition) is 0. The molecule has 0 heteroatoms. The average molecular weight is 273 g/mol. The maximum absolute atomic E-state index is 4.29. The molecule has 2 aliphatic carbocycles. The summed E-state index contributed by atoms with van der Waals surface area (Å²) in [5.41, 5.74) is 2.81. The predicted octanol–water partition coefficient (Wildman–Crippen LogP) is 6.06. The summed E-state index contributed by atoms with van der Waals surface area (Å²) < 4.78 is 0. The van der Waals surface area contributed by atoms with Crippen molar-refractivity contribution in [3.8, 4) is 0 Å². The van der Waals surface area contributed by atoms with E-state index in [-0.39, 0.29) is 0 Å². The molecule has 1 radical (unpaired) electrons. The van der Waals surface area contributed by atoms with Gasteiger partial charge in [0.2, 0.25) is 0 Å². The molecule has 2 fully saturated rings. The second kappa shape index (κ2) is 6.50. The van der Waals surface area contributed by atoms with Crippen molar-refractivity contribution in [3.63, 3.8) is 0 Å². The lowest BCUT2D eigenvalue weighted by Crippen LogP contribution is -2.37. The standard InChI is InChI=1S/C20H33/c1-13(2)17-9-8-16(6)19(12-17)20-11-15(5)7-10-18(20)14(3)4/h11,15-20H,1,3,7-10,12H2,2,4-6H3. The largest absolute Gasteiger partial charge is 0.0999 e. The van der Waals surface area contributed by atoms with Gasteiger partial charge in [0, 0.05) is 0 Å². The molecule has 113 valence electrons. The highest BCUT2D eigenvalue weighted by Crippen LogP contribution is 2.49. The van der Waals surface area contributed by atoms with E-state index in [1.54, 1.807) is 0 Å². The molecule has 2 saturated carbocycles. The summed E-state index contributed by atoms with van der Waals surface area (Å²) in [4.78, 5) is 0. The third-order valence-electron chi connectivity index (χ3n) is 6.03. The lowest BCUT2D eigenvalue weighted by molar-refractivity contribution is 0.106. The summed E-state index contributed by atoms with van der Waals surface area (Å²) in [5.74, 6) is 4.73. The van der Waals surface area contributed by atoms with Crippen LogP contribution in [0.4, 0.5) is 0 Å². The average Bonchev–Trinajstić information content (AvgIpc) is 2.38. The molecule has 0 amide bonds. The van der Waals surface area contributed by atoms with Crippen molar-refractivity contribution in [2.24, 2.45) is 35.5 Å². The van der Waals surface area contributed by atoms with Crippen molar-refractivity contribution in [1.29, 1.82) is 0 Å². The number of rotatable bonds is 3. The van der Waals surface area contributed by atoms with Gasteiger partial charge in [-0.3, -0.25) is 0 Å². The first-order chi connectivity index (χ1) is 9.40. The fraction of sp³-hybridized carbons (Fsp3) is 0.750. The zero-order valence-electron chi connectivity index (χ0n) is 14.0. The van der Waals surface area contributed by atoms with Gasteiger partial charge in [-0.1, -0.05) is 38.2 Å². The highest BCUT2D eigenvalue weighted by atomic mass is 14.4. The van der Waals surface area contributed by atoms with Gasteiger partial charge < -0.3 is 0 Å². The molecule has 0 heterocycles. The molecule has 0 aliphatic heterocycles. The van der Waals surface area contributed by atoms with Crippen LogP contribution in [0.1, 0.15) is 59.8 Å². The molecule has 0 N–H and O–H groups in total. The minimum Gasteiger partial charge on any atom is -0.0999 e. The van der Waals surface area contributed by atoms with Gasteiger partial charge in [0.05, 0.1) is 0 Å². The minimum atomic E-state index is 0.725. The van der Waals surface area contributed by atoms with Crippen molar-refractivity contribution < 1.29 is 0 Å². The third kappa shape index (κ3) is 3.38. The molecule has 0 aromatic carbocycles. The van der Waals surface area contributed by atoms with Gasteiger partial charge in [-0.15, -0.1) is 0 Å². The minimum absolute atomic E-state index is 0.725. The van der Waals surface area contributed by atoms with Gasteiger partial charge in [-0.2, -0.15) is 0 Å². The van der Waals surface area contributed by atoms with Gasteiger partial charge in [0.25, 0.3) is 0 Å². The molecule has 20 heavy (non-hydrogen) atoms. The molecule has 2 rings (SSSR count). The van der Waals surface area contributed by atoms with E-state index in [2.05, 4.69) is 47.3 Å². The van der Waals surface area contributed by atoms with Crippen LogP contribution in [0, 0.1) is 41.9 Å². The molecule has 6 unspecified atom stereocenters. The Kier molecular flexibility index (Phi) is 5.15. The lowest BCUT2D eigenvalue weighted by Gasteiger charge is -2.46. The first-order valence-corrected chi connectivity index (χ1v) is 8.56. The van der Waals surface area contributed by atoms with Crippen molar-refractivity contribution in [1.82, 2.24) is 0 Å². The molecule has 0 saturated heterocycles. The predicted molar refractivity (Wildman–Crippen MR) is 89.3 cm³/mol. The summed E-state index contributed by atoms with van der Waals surface area (Å²) in [6.45, 7) is 17.8. The van der Waals surface area contributed by atoms with Crippen LogP contribution in [0.2, 0.25) is 0 Å². The molecule has 2 aliphatic rings. The van der Waals surface area contributed by atoms with Crippen LogP contribution in [0.3, 0.4) is 0 Å². The van der Waals surface area contributed by atoms with Crippen LogP contribution < -0.4 is 0 Å².